The SMILES string of the molecule is CCNC(=NCC1CCCN1CCOC)Nc1ccc2c(c1)OCCCO2.I. The maximum atomic E-state index is 5.78. The molecule has 2 heterocycles. The van der Waals surface area contributed by atoms with Crippen LogP contribution < -0.4 is 20.1 Å². The lowest BCUT2D eigenvalue weighted by Crippen LogP contribution is -2.36. The average Bonchev–Trinajstić information content (AvgIpc) is 2.99. The van der Waals surface area contributed by atoms with Gasteiger partial charge in [0, 0.05) is 44.4 Å². The number of rotatable bonds is 7. The average molecular weight is 504 g/mol. The summed E-state index contributed by atoms with van der Waals surface area (Å²) >= 11 is 0. The van der Waals surface area contributed by atoms with Crippen LogP contribution in [0.1, 0.15) is 26.2 Å². The minimum atomic E-state index is 0. The highest BCUT2D eigenvalue weighted by Crippen LogP contribution is 2.32. The summed E-state index contributed by atoms with van der Waals surface area (Å²) in [7, 11) is 1.76. The molecule has 0 spiro atoms. The molecule has 8 heteroatoms. The van der Waals surface area contributed by atoms with Gasteiger partial charge in [0.05, 0.1) is 26.4 Å². The lowest BCUT2D eigenvalue weighted by atomic mass is 10.2. The highest BCUT2D eigenvalue weighted by Gasteiger charge is 2.23. The summed E-state index contributed by atoms with van der Waals surface area (Å²) in [6.07, 6.45) is 3.33. The van der Waals surface area contributed by atoms with Gasteiger partial charge >= 0.3 is 0 Å². The molecular weight excluding hydrogens is 471 g/mol. The highest BCUT2D eigenvalue weighted by atomic mass is 127. The van der Waals surface area contributed by atoms with Crippen molar-refractivity contribution in [3.63, 3.8) is 0 Å². The van der Waals surface area contributed by atoms with Crippen LogP contribution in [0.25, 0.3) is 0 Å². The van der Waals surface area contributed by atoms with Crippen LogP contribution in [0, 0.1) is 0 Å². The Balaban J connectivity index is 0.00000280. The topological polar surface area (TPSA) is 67.4 Å². The van der Waals surface area contributed by atoms with Crippen molar-refractivity contribution >= 4 is 35.6 Å². The third kappa shape index (κ3) is 6.66. The molecule has 1 atom stereocenters. The molecule has 2 aliphatic rings. The van der Waals surface area contributed by atoms with Gasteiger partial charge in [0.1, 0.15) is 0 Å². The lowest BCUT2D eigenvalue weighted by Gasteiger charge is -2.23. The van der Waals surface area contributed by atoms with Crippen molar-refractivity contribution in [1.29, 1.82) is 0 Å². The van der Waals surface area contributed by atoms with Gasteiger partial charge in [-0.2, -0.15) is 0 Å². The Morgan fingerprint density at radius 2 is 2.07 bits per heavy atom. The van der Waals surface area contributed by atoms with E-state index in [0.29, 0.717) is 19.3 Å². The number of nitrogens with zero attached hydrogens (tertiary/aromatic N) is 2. The van der Waals surface area contributed by atoms with Crippen molar-refractivity contribution in [2.75, 3.05) is 58.4 Å². The summed E-state index contributed by atoms with van der Waals surface area (Å²) in [4.78, 5) is 7.30. The van der Waals surface area contributed by atoms with Gasteiger partial charge in [-0.05, 0) is 38.4 Å². The Hall–Kier alpha value is -1.26. The summed E-state index contributed by atoms with van der Waals surface area (Å²) in [5.41, 5.74) is 0.946. The number of hydrogen-bond donors (Lipinski definition) is 2. The largest absolute Gasteiger partial charge is 0.490 e. The Morgan fingerprint density at radius 1 is 1.25 bits per heavy atom. The molecule has 1 aromatic carbocycles. The van der Waals surface area contributed by atoms with E-state index in [9.17, 15) is 0 Å². The smallest absolute Gasteiger partial charge is 0.195 e. The quantitative estimate of drug-likeness (QED) is 0.338. The molecule has 1 unspecified atom stereocenters. The van der Waals surface area contributed by atoms with Gasteiger partial charge in [-0.3, -0.25) is 9.89 Å². The van der Waals surface area contributed by atoms with E-state index in [4.69, 9.17) is 19.2 Å². The molecule has 2 aliphatic heterocycles. The van der Waals surface area contributed by atoms with Crippen LogP contribution in [-0.4, -0.2) is 70.0 Å². The van der Waals surface area contributed by atoms with Gasteiger partial charge < -0.3 is 24.8 Å². The first-order valence-electron chi connectivity index (χ1n) is 9.98. The standard InChI is InChI=1S/C20H32N4O3.HI/c1-3-21-20(22-15-17-6-4-9-24(17)10-13-25-2)23-16-7-8-18-19(14-16)27-12-5-11-26-18;/h7-8,14,17H,3-6,9-13,15H2,1-2H3,(H2,21,22,23);1H. The summed E-state index contributed by atoms with van der Waals surface area (Å²) in [5, 5.41) is 6.72. The third-order valence-electron chi connectivity index (χ3n) is 4.90. The van der Waals surface area contributed by atoms with Crippen LogP contribution in [-0.2, 0) is 4.74 Å². The Morgan fingerprint density at radius 3 is 2.86 bits per heavy atom. The number of likely N-dealkylation sites (tertiary alicyclic amines) is 1. The molecule has 0 bridgehead atoms. The third-order valence-corrected chi connectivity index (χ3v) is 4.90. The van der Waals surface area contributed by atoms with E-state index in [1.165, 1.54) is 12.8 Å². The molecule has 0 saturated carbocycles. The molecular formula is C20H33IN4O3. The fourth-order valence-corrected chi connectivity index (χ4v) is 3.49. The number of anilines is 1. The molecule has 0 aliphatic carbocycles. The zero-order valence-electron chi connectivity index (χ0n) is 16.9. The van der Waals surface area contributed by atoms with Gasteiger partial charge in [0.15, 0.2) is 17.5 Å². The van der Waals surface area contributed by atoms with E-state index in [1.807, 2.05) is 18.2 Å². The van der Waals surface area contributed by atoms with Crippen LogP contribution in [0.2, 0.25) is 0 Å². The van der Waals surface area contributed by atoms with Crippen molar-refractivity contribution < 1.29 is 14.2 Å². The minimum absolute atomic E-state index is 0. The van der Waals surface area contributed by atoms with Gasteiger partial charge in [0.25, 0.3) is 0 Å². The second-order valence-corrected chi connectivity index (χ2v) is 6.88. The van der Waals surface area contributed by atoms with E-state index in [2.05, 4.69) is 22.5 Å². The fourth-order valence-electron chi connectivity index (χ4n) is 3.49. The molecule has 0 radical (unpaired) electrons. The van der Waals surface area contributed by atoms with Crippen LogP contribution >= 0.6 is 24.0 Å². The number of fused-ring (bicyclic) bond motifs is 1. The number of ether oxygens (including phenoxy) is 3. The van der Waals surface area contributed by atoms with E-state index in [0.717, 1.165) is 62.4 Å². The van der Waals surface area contributed by atoms with Gasteiger partial charge in [0.2, 0.25) is 0 Å². The number of aliphatic imine (C=N–C) groups is 1. The molecule has 0 amide bonds. The lowest BCUT2D eigenvalue weighted by molar-refractivity contribution is 0.143. The molecule has 1 fully saturated rings. The number of halogens is 1. The van der Waals surface area contributed by atoms with E-state index < -0.39 is 0 Å². The van der Waals surface area contributed by atoms with Crippen LogP contribution in [0.15, 0.2) is 23.2 Å². The second kappa shape index (κ2) is 12.3. The van der Waals surface area contributed by atoms with E-state index in [1.54, 1.807) is 7.11 Å². The molecule has 0 aromatic heterocycles. The normalized spacial score (nSPS) is 19.6. The van der Waals surface area contributed by atoms with E-state index >= 15 is 0 Å². The highest BCUT2D eigenvalue weighted by molar-refractivity contribution is 14.0. The number of methoxy groups -OCH3 is 1. The Kier molecular flexibility index (Phi) is 10.1. The first kappa shape index (κ1) is 23.0. The molecule has 28 heavy (non-hydrogen) atoms. The van der Waals surface area contributed by atoms with Crippen LogP contribution in [0.3, 0.4) is 0 Å². The first-order valence-corrected chi connectivity index (χ1v) is 9.98. The number of nitrogens with one attached hydrogen (secondary N) is 2. The summed E-state index contributed by atoms with van der Waals surface area (Å²) in [6, 6.07) is 6.42. The fraction of sp³-hybridized carbons (Fsp3) is 0.650. The molecule has 7 nitrogen and oxygen atoms in total. The Labute approximate surface area is 185 Å². The Bertz CT molecular complexity index is 629. The summed E-state index contributed by atoms with van der Waals surface area (Å²) < 4.78 is 16.7. The summed E-state index contributed by atoms with van der Waals surface area (Å²) in [5.74, 6) is 2.39. The van der Waals surface area contributed by atoms with Crippen molar-refractivity contribution in [2.24, 2.45) is 4.99 Å². The van der Waals surface area contributed by atoms with Gasteiger partial charge in [-0.1, -0.05) is 0 Å². The summed E-state index contributed by atoms with van der Waals surface area (Å²) in [6.45, 7) is 7.94. The van der Waals surface area contributed by atoms with Crippen LogP contribution in [0.5, 0.6) is 11.5 Å². The number of benzene rings is 1. The van der Waals surface area contributed by atoms with Crippen LogP contribution in [0.4, 0.5) is 5.69 Å². The zero-order valence-corrected chi connectivity index (χ0v) is 19.2. The maximum Gasteiger partial charge on any atom is 0.195 e. The van der Waals surface area contributed by atoms with E-state index in [-0.39, 0.29) is 24.0 Å². The minimum Gasteiger partial charge on any atom is -0.490 e. The predicted octanol–water partition coefficient (Wildman–Crippen LogP) is 2.95. The van der Waals surface area contributed by atoms with Gasteiger partial charge in [-0.15, -0.1) is 24.0 Å². The predicted molar refractivity (Wildman–Crippen MR) is 124 cm³/mol. The molecule has 158 valence electrons. The molecule has 2 N–H and O–H groups in total. The second-order valence-electron chi connectivity index (χ2n) is 6.88. The van der Waals surface area contributed by atoms with Crippen molar-refractivity contribution in [3.8, 4) is 11.5 Å². The zero-order chi connectivity index (χ0) is 18.9. The van der Waals surface area contributed by atoms with Crippen molar-refractivity contribution in [3.05, 3.63) is 18.2 Å². The number of guanidine groups is 1. The van der Waals surface area contributed by atoms with Crippen molar-refractivity contribution in [2.45, 2.75) is 32.2 Å². The molecule has 1 saturated heterocycles. The number of hydrogen-bond acceptors (Lipinski definition) is 5. The monoisotopic (exact) mass is 504 g/mol. The first-order chi connectivity index (χ1) is 13.3. The maximum absolute atomic E-state index is 5.78. The molecule has 1 aromatic rings. The molecule has 3 rings (SSSR count). The van der Waals surface area contributed by atoms with Crippen molar-refractivity contribution in [1.82, 2.24) is 10.2 Å². The van der Waals surface area contributed by atoms with Gasteiger partial charge in [-0.25, -0.2) is 0 Å².